The average molecular weight is 486 g/mol. The van der Waals surface area contributed by atoms with Crippen LogP contribution < -0.4 is 10.6 Å². The second kappa shape index (κ2) is 9.85. The van der Waals surface area contributed by atoms with Crippen LogP contribution >= 0.6 is 0 Å². The Labute approximate surface area is 210 Å². The standard InChI is InChI=1S/C27H31N7O2/c1-27(2,3)36-26(35)34-13-10-20(11-14-34)30-21-6-4-5-18(15-21)25-28-12-9-24(32-25)31-22-7-8-23-19(16-22)17-29-33-23/h4-9,12,15-17,20,30H,10-11,13-14H2,1-3H3,(H,29,33)(H,28,31,32). The van der Waals surface area contributed by atoms with Gasteiger partial charge in [-0.15, -0.1) is 0 Å². The minimum atomic E-state index is -0.477. The third kappa shape index (κ3) is 5.73. The summed E-state index contributed by atoms with van der Waals surface area (Å²) in [6.45, 7) is 7.02. The van der Waals surface area contributed by atoms with Gasteiger partial charge in [0.15, 0.2) is 5.82 Å². The molecule has 1 aliphatic heterocycles. The number of amides is 1. The molecule has 9 heteroatoms. The molecule has 0 bridgehead atoms. The molecule has 36 heavy (non-hydrogen) atoms. The number of rotatable bonds is 5. The lowest BCUT2D eigenvalue weighted by Gasteiger charge is -2.34. The monoisotopic (exact) mass is 485 g/mol. The third-order valence-electron chi connectivity index (χ3n) is 6.01. The van der Waals surface area contributed by atoms with Gasteiger partial charge in [-0.2, -0.15) is 5.10 Å². The first-order chi connectivity index (χ1) is 17.3. The van der Waals surface area contributed by atoms with E-state index in [1.807, 2.05) is 63.2 Å². The molecular formula is C27H31N7O2. The molecule has 1 fully saturated rings. The first-order valence-electron chi connectivity index (χ1n) is 12.2. The number of fused-ring (bicyclic) bond motifs is 1. The highest BCUT2D eigenvalue weighted by Crippen LogP contribution is 2.25. The van der Waals surface area contributed by atoms with Crippen molar-refractivity contribution in [1.29, 1.82) is 0 Å². The number of anilines is 3. The zero-order valence-electron chi connectivity index (χ0n) is 20.8. The fourth-order valence-corrected chi connectivity index (χ4v) is 4.25. The number of ether oxygens (including phenoxy) is 1. The zero-order chi connectivity index (χ0) is 25.1. The van der Waals surface area contributed by atoms with Gasteiger partial charge in [0, 0.05) is 47.7 Å². The van der Waals surface area contributed by atoms with Crippen molar-refractivity contribution >= 4 is 34.2 Å². The molecule has 0 atom stereocenters. The Hall–Kier alpha value is -4.14. The van der Waals surface area contributed by atoms with Gasteiger partial charge in [0.1, 0.15) is 11.4 Å². The van der Waals surface area contributed by atoms with E-state index in [0.717, 1.165) is 46.5 Å². The Kier molecular flexibility index (Phi) is 6.45. The molecule has 186 valence electrons. The number of benzene rings is 2. The molecule has 3 N–H and O–H groups in total. The summed E-state index contributed by atoms with van der Waals surface area (Å²) in [5.74, 6) is 1.36. The molecule has 3 heterocycles. The Morgan fingerprint density at radius 2 is 1.92 bits per heavy atom. The maximum Gasteiger partial charge on any atom is 0.410 e. The van der Waals surface area contributed by atoms with Crippen molar-refractivity contribution in [3.8, 4) is 11.4 Å². The van der Waals surface area contributed by atoms with Crippen LogP contribution in [0, 0.1) is 0 Å². The van der Waals surface area contributed by atoms with E-state index < -0.39 is 5.60 Å². The Morgan fingerprint density at radius 3 is 2.72 bits per heavy atom. The van der Waals surface area contributed by atoms with Crippen molar-refractivity contribution in [3.05, 3.63) is 60.9 Å². The number of nitrogens with one attached hydrogen (secondary N) is 3. The first kappa shape index (κ1) is 23.6. The molecule has 1 aliphatic rings. The molecule has 9 nitrogen and oxygen atoms in total. The number of nitrogens with zero attached hydrogens (tertiary/aromatic N) is 4. The van der Waals surface area contributed by atoms with Crippen LogP contribution in [0.5, 0.6) is 0 Å². The largest absolute Gasteiger partial charge is 0.444 e. The second-order valence-electron chi connectivity index (χ2n) is 10.0. The number of hydrogen-bond acceptors (Lipinski definition) is 7. The van der Waals surface area contributed by atoms with Crippen LogP contribution in [0.3, 0.4) is 0 Å². The number of aromatic nitrogens is 4. The summed E-state index contributed by atoms with van der Waals surface area (Å²) in [5, 5.41) is 15.0. The van der Waals surface area contributed by atoms with Crippen molar-refractivity contribution in [2.45, 2.75) is 45.3 Å². The summed E-state index contributed by atoms with van der Waals surface area (Å²) in [5.41, 5.74) is 3.38. The highest BCUT2D eigenvalue weighted by molar-refractivity contribution is 5.82. The normalized spacial score (nSPS) is 14.6. The van der Waals surface area contributed by atoms with Gasteiger partial charge in [0.25, 0.3) is 0 Å². The van der Waals surface area contributed by atoms with Crippen LogP contribution in [-0.2, 0) is 4.74 Å². The molecule has 2 aromatic heterocycles. The van der Waals surface area contributed by atoms with Crippen LogP contribution in [-0.4, -0.2) is 55.9 Å². The number of carbonyl (C=O) groups is 1. The molecule has 0 spiro atoms. The summed E-state index contributed by atoms with van der Waals surface area (Å²) in [6, 6.07) is 16.3. The molecule has 0 unspecified atom stereocenters. The molecule has 5 rings (SSSR count). The number of hydrogen-bond donors (Lipinski definition) is 3. The SMILES string of the molecule is CC(C)(C)OC(=O)N1CCC(Nc2cccc(-c3nccc(Nc4ccc5[nH]ncc5c4)n3)c2)CC1. The lowest BCUT2D eigenvalue weighted by molar-refractivity contribution is 0.0210. The topological polar surface area (TPSA) is 108 Å². The molecule has 1 amide bonds. The van der Waals surface area contributed by atoms with E-state index in [4.69, 9.17) is 9.72 Å². The number of aromatic amines is 1. The molecule has 0 radical (unpaired) electrons. The fourth-order valence-electron chi connectivity index (χ4n) is 4.25. The smallest absolute Gasteiger partial charge is 0.410 e. The maximum absolute atomic E-state index is 12.3. The molecule has 1 saturated heterocycles. The summed E-state index contributed by atoms with van der Waals surface area (Å²) >= 11 is 0. The van der Waals surface area contributed by atoms with E-state index in [2.05, 4.69) is 31.9 Å². The molecule has 2 aromatic carbocycles. The minimum absolute atomic E-state index is 0.238. The van der Waals surface area contributed by atoms with Crippen molar-refractivity contribution in [3.63, 3.8) is 0 Å². The van der Waals surface area contributed by atoms with Gasteiger partial charge in [0.2, 0.25) is 0 Å². The van der Waals surface area contributed by atoms with Crippen LogP contribution in [0.15, 0.2) is 60.9 Å². The predicted molar refractivity (Wildman–Crippen MR) is 141 cm³/mol. The number of piperidine rings is 1. The van der Waals surface area contributed by atoms with Crippen LogP contribution in [0.25, 0.3) is 22.3 Å². The lowest BCUT2D eigenvalue weighted by atomic mass is 10.0. The Balaban J connectivity index is 1.22. The van der Waals surface area contributed by atoms with Crippen LogP contribution in [0.2, 0.25) is 0 Å². The van der Waals surface area contributed by atoms with Gasteiger partial charge in [-0.25, -0.2) is 14.8 Å². The van der Waals surface area contributed by atoms with Gasteiger partial charge in [-0.05, 0) is 70.0 Å². The predicted octanol–water partition coefficient (Wildman–Crippen LogP) is 5.57. The summed E-state index contributed by atoms with van der Waals surface area (Å²) in [7, 11) is 0. The van der Waals surface area contributed by atoms with Gasteiger partial charge in [-0.1, -0.05) is 12.1 Å². The highest BCUT2D eigenvalue weighted by atomic mass is 16.6. The number of likely N-dealkylation sites (tertiary alicyclic amines) is 1. The van der Waals surface area contributed by atoms with Gasteiger partial charge < -0.3 is 20.3 Å². The molecule has 4 aromatic rings. The third-order valence-corrected chi connectivity index (χ3v) is 6.01. The van der Waals surface area contributed by atoms with E-state index in [9.17, 15) is 4.79 Å². The van der Waals surface area contributed by atoms with Crippen molar-refractivity contribution < 1.29 is 9.53 Å². The zero-order valence-corrected chi connectivity index (χ0v) is 20.8. The highest BCUT2D eigenvalue weighted by Gasteiger charge is 2.26. The maximum atomic E-state index is 12.3. The van der Waals surface area contributed by atoms with Gasteiger partial charge in [0.05, 0.1) is 11.7 Å². The summed E-state index contributed by atoms with van der Waals surface area (Å²) < 4.78 is 5.50. The summed E-state index contributed by atoms with van der Waals surface area (Å²) in [4.78, 5) is 23.3. The minimum Gasteiger partial charge on any atom is -0.444 e. The van der Waals surface area contributed by atoms with E-state index in [1.54, 1.807) is 17.3 Å². The van der Waals surface area contributed by atoms with Crippen molar-refractivity contribution in [1.82, 2.24) is 25.1 Å². The number of carbonyl (C=O) groups excluding carboxylic acids is 1. The fraction of sp³-hybridized carbons (Fsp3) is 0.333. The van der Waals surface area contributed by atoms with Gasteiger partial charge >= 0.3 is 6.09 Å². The van der Waals surface area contributed by atoms with E-state index >= 15 is 0 Å². The van der Waals surface area contributed by atoms with E-state index in [-0.39, 0.29) is 12.1 Å². The quantitative estimate of drug-likeness (QED) is 0.339. The average Bonchev–Trinajstić information content (AvgIpc) is 3.32. The lowest BCUT2D eigenvalue weighted by Crippen LogP contribution is -2.44. The van der Waals surface area contributed by atoms with E-state index in [0.29, 0.717) is 18.9 Å². The van der Waals surface area contributed by atoms with Crippen molar-refractivity contribution in [2.75, 3.05) is 23.7 Å². The molecule has 0 saturated carbocycles. The second-order valence-corrected chi connectivity index (χ2v) is 10.0. The molecule has 0 aliphatic carbocycles. The van der Waals surface area contributed by atoms with E-state index in [1.165, 1.54) is 0 Å². The first-order valence-corrected chi connectivity index (χ1v) is 12.2. The molecular weight excluding hydrogens is 454 g/mol. The Morgan fingerprint density at radius 1 is 1.08 bits per heavy atom. The summed E-state index contributed by atoms with van der Waals surface area (Å²) in [6.07, 6.45) is 5.04. The van der Waals surface area contributed by atoms with Crippen molar-refractivity contribution in [2.24, 2.45) is 0 Å². The van der Waals surface area contributed by atoms with Crippen LogP contribution in [0.4, 0.5) is 22.0 Å². The van der Waals surface area contributed by atoms with Crippen LogP contribution in [0.1, 0.15) is 33.6 Å². The van der Waals surface area contributed by atoms with Gasteiger partial charge in [-0.3, -0.25) is 5.10 Å². The number of H-pyrrole nitrogens is 1. The Bertz CT molecular complexity index is 1350.